The summed E-state index contributed by atoms with van der Waals surface area (Å²) in [6, 6.07) is 9.33. The highest BCUT2D eigenvalue weighted by molar-refractivity contribution is 7.99. The number of ether oxygens (including phenoxy) is 2. The molecule has 1 N–H and O–H groups in total. The minimum absolute atomic E-state index is 0.138. The lowest BCUT2D eigenvalue weighted by atomic mass is 9.97. The third-order valence-corrected chi connectivity index (χ3v) is 6.56. The Morgan fingerprint density at radius 2 is 2.06 bits per heavy atom. The molecule has 0 aromatic heterocycles. The molecule has 0 spiro atoms. The molecular formula is C25H31ClO5S. The Bertz CT molecular complexity index is 915. The molecule has 2 rings (SSSR count). The van der Waals surface area contributed by atoms with Crippen LogP contribution in [-0.4, -0.2) is 36.8 Å². The standard InChI is InChI=1S/C25H31ClO5S/c1-4-6-20-22(9-8-19(25(20)29)13-17(2)16-27)31-11-5-12-32-23-10-7-18(14-21(23)26)15-24(28)30-3/h7-10,14,16-17,29H,4-6,11-13,15H2,1-3H3. The fraction of sp³-hybridized carbons (Fsp3) is 0.440. The summed E-state index contributed by atoms with van der Waals surface area (Å²) in [5.74, 6) is 1.33. The summed E-state index contributed by atoms with van der Waals surface area (Å²) in [6.07, 6.45) is 4.03. The molecule has 0 bridgehead atoms. The van der Waals surface area contributed by atoms with E-state index in [1.807, 2.05) is 31.2 Å². The summed E-state index contributed by atoms with van der Waals surface area (Å²) < 4.78 is 10.7. The molecule has 32 heavy (non-hydrogen) atoms. The molecule has 7 heteroatoms. The number of phenolic OH excluding ortho intramolecular Hbond substituents is 1. The predicted octanol–water partition coefficient (Wildman–Crippen LogP) is 5.65. The van der Waals surface area contributed by atoms with Crippen molar-refractivity contribution in [2.75, 3.05) is 19.5 Å². The Hall–Kier alpha value is -2.18. The van der Waals surface area contributed by atoms with Crippen molar-refractivity contribution in [2.24, 2.45) is 5.92 Å². The van der Waals surface area contributed by atoms with E-state index in [0.717, 1.165) is 46.5 Å². The van der Waals surface area contributed by atoms with Crippen LogP contribution in [0.2, 0.25) is 5.02 Å². The number of aldehydes is 1. The number of carbonyl (C=O) groups is 2. The van der Waals surface area contributed by atoms with Gasteiger partial charge < -0.3 is 19.4 Å². The third kappa shape index (κ3) is 7.75. The van der Waals surface area contributed by atoms with Crippen molar-refractivity contribution < 1.29 is 24.2 Å². The summed E-state index contributed by atoms with van der Waals surface area (Å²) in [7, 11) is 1.37. The maximum Gasteiger partial charge on any atom is 0.309 e. The molecule has 0 aliphatic rings. The Morgan fingerprint density at radius 1 is 1.28 bits per heavy atom. The van der Waals surface area contributed by atoms with Gasteiger partial charge in [-0.05, 0) is 48.6 Å². The molecular weight excluding hydrogens is 448 g/mol. The van der Waals surface area contributed by atoms with Crippen LogP contribution in [0, 0.1) is 5.92 Å². The van der Waals surface area contributed by atoms with Crippen LogP contribution in [0.25, 0.3) is 0 Å². The summed E-state index contributed by atoms with van der Waals surface area (Å²) in [4.78, 5) is 23.3. The molecule has 5 nitrogen and oxygen atoms in total. The predicted molar refractivity (Wildman–Crippen MR) is 129 cm³/mol. The molecule has 2 aromatic carbocycles. The van der Waals surface area contributed by atoms with Gasteiger partial charge in [0.25, 0.3) is 0 Å². The minimum atomic E-state index is -0.293. The normalized spacial score (nSPS) is 11.8. The van der Waals surface area contributed by atoms with Gasteiger partial charge in [0.15, 0.2) is 0 Å². The minimum Gasteiger partial charge on any atom is -0.507 e. The van der Waals surface area contributed by atoms with E-state index in [-0.39, 0.29) is 24.1 Å². The number of esters is 1. The molecule has 174 valence electrons. The highest BCUT2D eigenvalue weighted by atomic mass is 35.5. The molecule has 0 saturated carbocycles. The monoisotopic (exact) mass is 478 g/mol. The van der Waals surface area contributed by atoms with Crippen LogP contribution in [0.4, 0.5) is 0 Å². The van der Waals surface area contributed by atoms with E-state index in [1.54, 1.807) is 17.8 Å². The number of halogens is 1. The fourth-order valence-electron chi connectivity index (χ4n) is 3.29. The van der Waals surface area contributed by atoms with Gasteiger partial charge in [-0.25, -0.2) is 0 Å². The number of carbonyl (C=O) groups excluding carboxylic acids is 2. The highest BCUT2D eigenvalue weighted by Gasteiger charge is 2.15. The number of methoxy groups -OCH3 is 1. The van der Waals surface area contributed by atoms with E-state index < -0.39 is 0 Å². The zero-order valence-corrected chi connectivity index (χ0v) is 20.4. The van der Waals surface area contributed by atoms with Gasteiger partial charge in [0, 0.05) is 22.1 Å². The van der Waals surface area contributed by atoms with E-state index in [2.05, 4.69) is 11.7 Å². The van der Waals surface area contributed by atoms with E-state index in [0.29, 0.717) is 30.2 Å². The van der Waals surface area contributed by atoms with E-state index >= 15 is 0 Å². The quantitative estimate of drug-likeness (QED) is 0.173. The molecule has 2 aromatic rings. The molecule has 0 amide bonds. The van der Waals surface area contributed by atoms with Crippen LogP contribution in [0.1, 0.15) is 43.4 Å². The van der Waals surface area contributed by atoms with Gasteiger partial charge in [-0.3, -0.25) is 4.79 Å². The lowest BCUT2D eigenvalue weighted by Crippen LogP contribution is -2.05. The highest BCUT2D eigenvalue weighted by Crippen LogP contribution is 2.34. The first-order chi connectivity index (χ1) is 15.4. The van der Waals surface area contributed by atoms with Gasteiger partial charge in [0.2, 0.25) is 0 Å². The number of hydrogen-bond acceptors (Lipinski definition) is 6. The number of benzene rings is 2. The molecule has 0 radical (unpaired) electrons. The van der Waals surface area contributed by atoms with Crippen LogP contribution < -0.4 is 4.74 Å². The average Bonchev–Trinajstić information content (AvgIpc) is 2.78. The van der Waals surface area contributed by atoms with Crippen molar-refractivity contribution in [3.05, 3.63) is 52.0 Å². The van der Waals surface area contributed by atoms with Crippen molar-refractivity contribution in [1.29, 1.82) is 0 Å². The number of phenols is 1. The summed E-state index contributed by atoms with van der Waals surface area (Å²) in [5, 5.41) is 11.3. The third-order valence-electron chi connectivity index (χ3n) is 4.97. The topological polar surface area (TPSA) is 72.8 Å². The van der Waals surface area contributed by atoms with E-state index in [9.17, 15) is 14.7 Å². The number of thioether (sulfide) groups is 1. The molecule has 0 aliphatic heterocycles. The van der Waals surface area contributed by atoms with Crippen LogP contribution in [0.15, 0.2) is 35.2 Å². The van der Waals surface area contributed by atoms with Gasteiger partial charge in [0.05, 0.1) is 25.2 Å². The average molecular weight is 479 g/mol. The van der Waals surface area contributed by atoms with Gasteiger partial charge in [-0.1, -0.05) is 44.0 Å². The van der Waals surface area contributed by atoms with Crippen molar-refractivity contribution >= 4 is 35.6 Å². The fourth-order valence-corrected chi connectivity index (χ4v) is 4.50. The van der Waals surface area contributed by atoms with Crippen molar-refractivity contribution in [3.8, 4) is 11.5 Å². The molecule has 0 saturated heterocycles. The lowest BCUT2D eigenvalue weighted by molar-refractivity contribution is -0.139. The molecule has 1 atom stereocenters. The van der Waals surface area contributed by atoms with Crippen LogP contribution in [0.3, 0.4) is 0 Å². The second kappa shape index (κ2) is 13.4. The van der Waals surface area contributed by atoms with Gasteiger partial charge in [-0.2, -0.15) is 0 Å². The summed E-state index contributed by atoms with van der Waals surface area (Å²) in [5.41, 5.74) is 2.41. The Kier molecular flexibility index (Phi) is 10.9. The number of aromatic hydroxyl groups is 1. The summed E-state index contributed by atoms with van der Waals surface area (Å²) >= 11 is 7.98. The Morgan fingerprint density at radius 3 is 2.72 bits per heavy atom. The van der Waals surface area contributed by atoms with E-state index in [1.165, 1.54) is 7.11 Å². The number of rotatable bonds is 13. The Labute approximate surface area is 199 Å². The lowest BCUT2D eigenvalue weighted by Gasteiger charge is -2.16. The first kappa shape index (κ1) is 26.1. The zero-order valence-electron chi connectivity index (χ0n) is 18.9. The van der Waals surface area contributed by atoms with Gasteiger partial charge >= 0.3 is 5.97 Å². The van der Waals surface area contributed by atoms with Crippen molar-refractivity contribution in [1.82, 2.24) is 0 Å². The van der Waals surface area contributed by atoms with Crippen LogP contribution in [-0.2, 0) is 33.6 Å². The van der Waals surface area contributed by atoms with E-state index in [4.69, 9.17) is 16.3 Å². The molecule has 0 aliphatic carbocycles. The molecule has 1 unspecified atom stereocenters. The van der Waals surface area contributed by atoms with Gasteiger partial charge in [-0.15, -0.1) is 11.8 Å². The maximum absolute atomic E-state index is 11.4. The second-order valence-corrected chi connectivity index (χ2v) is 9.23. The SMILES string of the molecule is CCCc1c(OCCCSc2ccc(CC(=O)OC)cc2Cl)ccc(CC(C)C=O)c1O. The van der Waals surface area contributed by atoms with Crippen LogP contribution >= 0.6 is 23.4 Å². The number of hydrogen-bond donors (Lipinski definition) is 1. The van der Waals surface area contributed by atoms with Crippen molar-refractivity contribution in [2.45, 2.75) is 50.8 Å². The Balaban J connectivity index is 1.90. The first-order valence-corrected chi connectivity index (χ1v) is 12.2. The largest absolute Gasteiger partial charge is 0.507 e. The molecule has 0 fully saturated rings. The maximum atomic E-state index is 11.4. The van der Waals surface area contributed by atoms with Crippen molar-refractivity contribution in [3.63, 3.8) is 0 Å². The van der Waals surface area contributed by atoms with Crippen LogP contribution in [0.5, 0.6) is 11.5 Å². The smallest absolute Gasteiger partial charge is 0.309 e. The van der Waals surface area contributed by atoms with Gasteiger partial charge in [0.1, 0.15) is 17.8 Å². The summed E-state index contributed by atoms with van der Waals surface area (Å²) in [6.45, 7) is 4.42. The molecule has 0 heterocycles. The first-order valence-electron chi connectivity index (χ1n) is 10.8. The zero-order chi connectivity index (χ0) is 23.5. The second-order valence-electron chi connectivity index (χ2n) is 7.69.